The lowest BCUT2D eigenvalue weighted by atomic mass is 10.1. The van der Waals surface area contributed by atoms with E-state index in [9.17, 15) is 8.42 Å². The van der Waals surface area contributed by atoms with E-state index in [0.717, 1.165) is 39.2 Å². The van der Waals surface area contributed by atoms with Crippen LogP contribution in [0.3, 0.4) is 0 Å². The Balaban J connectivity index is 1.95. The van der Waals surface area contributed by atoms with E-state index in [1.165, 1.54) is 0 Å². The first-order valence-corrected chi connectivity index (χ1v) is 9.60. The van der Waals surface area contributed by atoms with Crippen LogP contribution in [0.25, 0.3) is 33.4 Å². The van der Waals surface area contributed by atoms with Crippen molar-refractivity contribution in [3.8, 4) is 22.5 Å². The molecule has 120 valence electrons. The molecule has 0 atom stereocenters. The maximum atomic E-state index is 11.8. The number of primary sulfonamides is 1. The van der Waals surface area contributed by atoms with Crippen molar-refractivity contribution in [2.24, 2.45) is 5.14 Å². The van der Waals surface area contributed by atoms with Crippen molar-refractivity contribution in [2.75, 3.05) is 0 Å². The number of nitrogens with one attached hydrogen (secondary N) is 1. The zero-order chi connectivity index (χ0) is 16.7. The quantitative estimate of drug-likeness (QED) is 0.588. The number of thiophene rings is 1. The van der Waals surface area contributed by atoms with Crippen LogP contribution in [0.2, 0.25) is 0 Å². The molecule has 1 aromatic carbocycles. The summed E-state index contributed by atoms with van der Waals surface area (Å²) >= 11 is 1.12. The average Bonchev–Trinajstić information content (AvgIpc) is 3.21. The maximum absolute atomic E-state index is 11.8. The third-order valence-electron chi connectivity index (χ3n) is 3.78. The van der Waals surface area contributed by atoms with Crippen molar-refractivity contribution in [3.63, 3.8) is 0 Å². The maximum Gasteiger partial charge on any atom is 0.248 e. The van der Waals surface area contributed by atoms with Gasteiger partial charge in [0.25, 0.3) is 0 Å². The number of hydrogen-bond donors (Lipinski definition) is 2. The number of pyridine rings is 1. The van der Waals surface area contributed by atoms with Gasteiger partial charge in [-0.1, -0.05) is 24.3 Å². The molecule has 5 nitrogen and oxygen atoms in total. The SMILES string of the molecule is NS(=O)(=O)c1sccc1-c1cccc2cc(-c3ccccn3)[nH]c12. The van der Waals surface area contributed by atoms with Gasteiger partial charge in [0.2, 0.25) is 10.0 Å². The van der Waals surface area contributed by atoms with Crippen molar-refractivity contribution < 1.29 is 8.42 Å². The minimum absolute atomic E-state index is 0.170. The largest absolute Gasteiger partial charge is 0.353 e. The van der Waals surface area contributed by atoms with E-state index >= 15 is 0 Å². The average molecular weight is 355 g/mol. The molecule has 0 saturated carbocycles. The topological polar surface area (TPSA) is 88.8 Å². The van der Waals surface area contributed by atoms with Crippen LogP contribution < -0.4 is 5.14 Å². The van der Waals surface area contributed by atoms with Gasteiger partial charge in [-0.05, 0) is 29.6 Å². The molecule has 0 aliphatic heterocycles. The molecule has 0 aliphatic rings. The van der Waals surface area contributed by atoms with Gasteiger partial charge in [0, 0.05) is 22.7 Å². The Labute approximate surface area is 142 Å². The fraction of sp³-hybridized carbons (Fsp3) is 0. The lowest BCUT2D eigenvalue weighted by Crippen LogP contribution is -2.11. The summed E-state index contributed by atoms with van der Waals surface area (Å²) in [7, 11) is -3.76. The third kappa shape index (κ3) is 2.52. The molecule has 0 fully saturated rings. The second kappa shape index (κ2) is 5.55. The molecular formula is C17H13N3O2S2. The summed E-state index contributed by atoms with van der Waals surface area (Å²) in [5.41, 5.74) is 3.99. The molecular weight excluding hydrogens is 342 g/mol. The first-order valence-electron chi connectivity index (χ1n) is 7.18. The van der Waals surface area contributed by atoms with Gasteiger partial charge in [-0.3, -0.25) is 4.98 Å². The van der Waals surface area contributed by atoms with Gasteiger partial charge in [-0.25, -0.2) is 13.6 Å². The Morgan fingerprint density at radius 2 is 1.92 bits per heavy atom. The van der Waals surface area contributed by atoms with Crippen LogP contribution in [0.1, 0.15) is 0 Å². The van der Waals surface area contributed by atoms with Crippen LogP contribution in [0.15, 0.2) is 64.3 Å². The molecule has 0 spiro atoms. The number of nitrogens with zero attached hydrogens (tertiary/aromatic N) is 1. The molecule has 7 heteroatoms. The van der Waals surface area contributed by atoms with Gasteiger partial charge in [-0.2, -0.15) is 0 Å². The van der Waals surface area contributed by atoms with E-state index in [4.69, 9.17) is 5.14 Å². The monoisotopic (exact) mass is 355 g/mol. The number of H-pyrrole nitrogens is 1. The van der Waals surface area contributed by atoms with E-state index in [0.29, 0.717) is 5.56 Å². The van der Waals surface area contributed by atoms with E-state index < -0.39 is 10.0 Å². The fourth-order valence-corrected chi connectivity index (χ4v) is 4.58. The van der Waals surface area contributed by atoms with Crippen LogP contribution in [0, 0.1) is 0 Å². The second-order valence-electron chi connectivity index (χ2n) is 5.33. The molecule has 3 aromatic heterocycles. The summed E-state index contributed by atoms with van der Waals surface area (Å²) in [6.45, 7) is 0. The molecule has 4 rings (SSSR count). The van der Waals surface area contributed by atoms with Crippen molar-refractivity contribution in [1.82, 2.24) is 9.97 Å². The highest BCUT2D eigenvalue weighted by Gasteiger charge is 2.19. The Kier molecular flexibility index (Phi) is 3.49. The van der Waals surface area contributed by atoms with E-state index in [1.807, 2.05) is 42.5 Å². The first kappa shape index (κ1) is 15.1. The van der Waals surface area contributed by atoms with Gasteiger partial charge in [0.1, 0.15) is 4.21 Å². The predicted octanol–water partition coefficient (Wildman–Crippen LogP) is 3.61. The zero-order valence-corrected chi connectivity index (χ0v) is 14.1. The number of nitrogens with two attached hydrogens (primary N) is 1. The summed E-state index contributed by atoms with van der Waals surface area (Å²) in [5, 5.41) is 8.06. The lowest BCUT2D eigenvalue weighted by molar-refractivity contribution is 0.600. The summed E-state index contributed by atoms with van der Waals surface area (Å²) in [6, 6.07) is 15.3. The second-order valence-corrected chi connectivity index (χ2v) is 8.01. The number of fused-ring (bicyclic) bond motifs is 1. The molecule has 24 heavy (non-hydrogen) atoms. The van der Waals surface area contributed by atoms with Crippen LogP contribution in [-0.2, 0) is 10.0 Å². The number of benzene rings is 1. The summed E-state index contributed by atoms with van der Waals surface area (Å²) in [4.78, 5) is 7.70. The van der Waals surface area contributed by atoms with E-state index in [2.05, 4.69) is 9.97 Å². The molecule has 4 aromatic rings. The minimum Gasteiger partial charge on any atom is -0.353 e. The van der Waals surface area contributed by atoms with Crippen LogP contribution in [0.5, 0.6) is 0 Å². The number of aromatic nitrogens is 2. The molecule has 0 amide bonds. The van der Waals surface area contributed by atoms with E-state index in [-0.39, 0.29) is 4.21 Å². The molecule has 0 bridgehead atoms. The Hall–Kier alpha value is -2.48. The van der Waals surface area contributed by atoms with Crippen LogP contribution >= 0.6 is 11.3 Å². The normalized spacial score (nSPS) is 11.9. The first-order chi connectivity index (χ1) is 11.5. The third-order valence-corrected chi connectivity index (χ3v) is 6.20. The highest BCUT2D eigenvalue weighted by molar-refractivity contribution is 7.91. The summed E-state index contributed by atoms with van der Waals surface area (Å²) < 4.78 is 23.8. The smallest absolute Gasteiger partial charge is 0.248 e. The Morgan fingerprint density at radius 1 is 1.04 bits per heavy atom. The molecule has 3 heterocycles. The standard InChI is InChI=1S/C17H13N3O2S2/c18-24(21,22)17-13(7-9-23-17)12-5-3-4-11-10-15(20-16(11)12)14-6-1-2-8-19-14/h1-10,20H,(H2,18,21,22). The van der Waals surface area contributed by atoms with Gasteiger partial charge in [-0.15, -0.1) is 11.3 Å². The van der Waals surface area contributed by atoms with Crippen molar-refractivity contribution in [2.45, 2.75) is 4.21 Å². The number of aromatic amines is 1. The highest BCUT2D eigenvalue weighted by Crippen LogP contribution is 2.36. The Morgan fingerprint density at radius 3 is 2.67 bits per heavy atom. The van der Waals surface area contributed by atoms with Crippen molar-refractivity contribution in [3.05, 3.63) is 60.1 Å². The van der Waals surface area contributed by atoms with Crippen molar-refractivity contribution >= 4 is 32.3 Å². The predicted molar refractivity (Wildman–Crippen MR) is 96.2 cm³/mol. The van der Waals surface area contributed by atoms with E-state index in [1.54, 1.807) is 17.6 Å². The number of sulfonamides is 1. The molecule has 0 aliphatic carbocycles. The van der Waals surface area contributed by atoms with Gasteiger partial charge in [0.05, 0.1) is 16.9 Å². The number of para-hydroxylation sites is 1. The number of rotatable bonds is 3. The minimum atomic E-state index is -3.76. The fourth-order valence-electron chi connectivity index (χ4n) is 2.76. The molecule has 3 N–H and O–H groups in total. The lowest BCUT2D eigenvalue weighted by Gasteiger charge is -2.04. The van der Waals surface area contributed by atoms with Gasteiger partial charge in [0.15, 0.2) is 0 Å². The van der Waals surface area contributed by atoms with Gasteiger partial charge < -0.3 is 4.98 Å². The molecule has 0 saturated heterocycles. The van der Waals surface area contributed by atoms with Crippen molar-refractivity contribution in [1.29, 1.82) is 0 Å². The summed E-state index contributed by atoms with van der Waals surface area (Å²) in [6.07, 6.45) is 1.74. The number of hydrogen-bond acceptors (Lipinski definition) is 4. The molecule has 0 radical (unpaired) electrons. The Bertz CT molecular complexity index is 1130. The molecule has 0 unspecified atom stereocenters. The summed E-state index contributed by atoms with van der Waals surface area (Å²) in [5.74, 6) is 0. The van der Waals surface area contributed by atoms with Crippen LogP contribution in [-0.4, -0.2) is 18.4 Å². The highest BCUT2D eigenvalue weighted by atomic mass is 32.2. The zero-order valence-electron chi connectivity index (χ0n) is 12.4. The van der Waals surface area contributed by atoms with Crippen LogP contribution in [0.4, 0.5) is 0 Å². The van der Waals surface area contributed by atoms with Gasteiger partial charge >= 0.3 is 0 Å².